The summed E-state index contributed by atoms with van der Waals surface area (Å²) >= 11 is 0. The number of rotatable bonds is 12. The normalized spacial score (nSPS) is 12.2. The molecule has 0 amide bonds. The molecule has 4 rings (SSSR count). The average Bonchev–Trinajstić information content (AvgIpc) is 3.03. The van der Waals surface area contributed by atoms with Crippen LogP contribution in [0.15, 0.2) is 107 Å². The minimum atomic E-state index is -4.11. The number of hydrogen-bond acceptors (Lipinski definition) is 6. The summed E-state index contributed by atoms with van der Waals surface area (Å²) in [4.78, 5) is 12.2. The molecular formula is C39H45F3O6S2. The molecule has 0 fully saturated rings. The first-order valence-corrected chi connectivity index (χ1v) is 19.9. The molecule has 0 unspecified atom stereocenters. The van der Waals surface area contributed by atoms with Crippen molar-refractivity contribution in [2.24, 2.45) is 0 Å². The Morgan fingerprint density at radius 2 is 1.00 bits per heavy atom. The van der Waals surface area contributed by atoms with Crippen LogP contribution in [0, 0.1) is 0 Å². The lowest BCUT2D eigenvalue weighted by atomic mass is 10.0. The molecule has 0 heterocycles. The summed E-state index contributed by atoms with van der Waals surface area (Å²) in [6, 6.07) is 28.7. The first-order valence-electron chi connectivity index (χ1n) is 16.4. The lowest BCUT2D eigenvalue weighted by molar-refractivity contribution is -0.151. The van der Waals surface area contributed by atoms with Crippen LogP contribution in [0.1, 0.15) is 64.5 Å². The SMILES string of the molecule is CCCCc1ccc(-c2ccc(S(=O)(=O)CC(=O)OC(C)(C)C)cc2)cc1.CS(=O)(=O)c1ccc(-c2ccc(CCCC(F)(F)F)cc2)cc1. The molecule has 50 heavy (non-hydrogen) atoms. The lowest BCUT2D eigenvalue weighted by Gasteiger charge is -2.19. The molecule has 0 aliphatic rings. The first-order chi connectivity index (χ1) is 23.3. The molecule has 0 atom stereocenters. The van der Waals surface area contributed by atoms with Crippen molar-refractivity contribution in [1.82, 2.24) is 0 Å². The van der Waals surface area contributed by atoms with E-state index in [9.17, 15) is 34.8 Å². The molecule has 0 spiro atoms. The van der Waals surface area contributed by atoms with Crippen molar-refractivity contribution in [3.63, 3.8) is 0 Å². The number of hydrogen-bond donors (Lipinski definition) is 0. The van der Waals surface area contributed by atoms with Crippen molar-refractivity contribution in [1.29, 1.82) is 0 Å². The van der Waals surface area contributed by atoms with Gasteiger partial charge in [0.2, 0.25) is 0 Å². The zero-order chi connectivity index (χ0) is 37.2. The molecule has 4 aromatic carbocycles. The molecule has 6 nitrogen and oxygen atoms in total. The third-order valence-corrected chi connectivity index (χ3v) is 10.3. The fourth-order valence-electron chi connectivity index (χ4n) is 4.96. The summed E-state index contributed by atoms with van der Waals surface area (Å²) in [6.07, 6.45) is 0.128. The average molecular weight is 731 g/mol. The zero-order valence-corrected chi connectivity index (χ0v) is 30.7. The summed E-state index contributed by atoms with van der Waals surface area (Å²) < 4.78 is 89.1. The maximum Gasteiger partial charge on any atom is 0.389 e. The van der Waals surface area contributed by atoms with Crippen LogP contribution >= 0.6 is 0 Å². The van der Waals surface area contributed by atoms with Crippen LogP contribution in [-0.2, 0) is 42.0 Å². The molecule has 0 saturated heterocycles. The largest absolute Gasteiger partial charge is 0.459 e. The van der Waals surface area contributed by atoms with Crippen molar-refractivity contribution in [3.8, 4) is 22.3 Å². The number of benzene rings is 4. The van der Waals surface area contributed by atoms with E-state index in [-0.39, 0.29) is 16.2 Å². The number of unbranched alkanes of at least 4 members (excludes halogenated alkanes) is 1. The maximum atomic E-state index is 12.4. The topological polar surface area (TPSA) is 94.6 Å². The second-order valence-corrected chi connectivity index (χ2v) is 17.1. The Morgan fingerprint density at radius 3 is 1.36 bits per heavy atom. The standard InChI is InChI=1S/C22H28O4S.C17H17F3O2S/c1-5-6-7-17-8-10-18(11-9-17)19-12-14-20(15-13-19)27(24,25)16-21(23)26-22(2,3)4;1-23(21,22)16-10-8-15(9-11-16)14-6-4-13(5-7-14)3-2-12-17(18,19)20/h8-15H,5-7,16H2,1-4H3;4-11H,2-3,12H2,1H3. The number of sulfone groups is 2. The number of carbonyl (C=O) groups is 1. The van der Waals surface area contributed by atoms with Crippen molar-refractivity contribution in [2.75, 3.05) is 12.0 Å². The van der Waals surface area contributed by atoms with Crippen LogP contribution in [0.5, 0.6) is 0 Å². The van der Waals surface area contributed by atoms with Gasteiger partial charge in [0.25, 0.3) is 0 Å². The van der Waals surface area contributed by atoms with Crippen molar-refractivity contribution in [3.05, 3.63) is 108 Å². The van der Waals surface area contributed by atoms with Crippen LogP contribution in [0.2, 0.25) is 0 Å². The number of carbonyl (C=O) groups excluding carboxylic acids is 1. The molecule has 270 valence electrons. The Balaban J connectivity index is 0.000000274. The van der Waals surface area contributed by atoms with Gasteiger partial charge < -0.3 is 4.74 Å². The number of ether oxygens (including phenoxy) is 1. The predicted octanol–water partition coefficient (Wildman–Crippen LogP) is 9.45. The predicted molar refractivity (Wildman–Crippen MR) is 192 cm³/mol. The van der Waals surface area contributed by atoms with Crippen molar-refractivity contribution >= 4 is 25.6 Å². The fourth-order valence-corrected chi connectivity index (χ4v) is 6.68. The highest BCUT2D eigenvalue weighted by atomic mass is 32.2. The van der Waals surface area contributed by atoms with Gasteiger partial charge in [-0.15, -0.1) is 0 Å². The molecule has 4 aromatic rings. The second-order valence-electron chi connectivity index (χ2n) is 13.1. The van der Waals surface area contributed by atoms with Gasteiger partial charge in [-0.25, -0.2) is 16.8 Å². The fraction of sp³-hybridized carbons (Fsp3) is 0.359. The van der Waals surface area contributed by atoms with Gasteiger partial charge in [-0.3, -0.25) is 4.79 Å². The Morgan fingerprint density at radius 1 is 0.620 bits per heavy atom. The molecule has 11 heteroatoms. The van der Waals surface area contributed by atoms with Gasteiger partial charge in [0, 0.05) is 12.7 Å². The van der Waals surface area contributed by atoms with Gasteiger partial charge >= 0.3 is 12.1 Å². The summed E-state index contributed by atoms with van der Waals surface area (Å²) in [6.45, 7) is 7.30. The minimum Gasteiger partial charge on any atom is -0.459 e. The Hall–Kier alpha value is -3.96. The molecule has 0 aromatic heterocycles. The molecule has 0 aliphatic heterocycles. The third kappa shape index (κ3) is 13.7. The minimum absolute atomic E-state index is 0.0753. The number of alkyl halides is 3. The monoisotopic (exact) mass is 730 g/mol. The van der Waals surface area contributed by atoms with Crippen molar-refractivity contribution in [2.45, 2.75) is 87.8 Å². The van der Waals surface area contributed by atoms with Gasteiger partial charge in [-0.1, -0.05) is 86.1 Å². The molecule has 0 radical (unpaired) electrons. The van der Waals surface area contributed by atoms with E-state index in [1.54, 1.807) is 81.4 Å². The quantitative estimate of drug-likeness (QED) is 0.135. The van der Waals surface area contributed by atoms with Crippen LogP contribution in [0.3, 0.4) is 0 Å². The summed E-state index contributed by atoms with van der Waals surface area (Å²) in [5.41, 5.74) is 5.17. The van der Waals surface area contributed by atoms with E-state index in [2.05, 4.69) is 31.2 Å². The van der Waals surface area contributed by atoms with E-state index in [0.717, 1.165) is 40.5 Å². The maximum absolute atomic E-state index is 12.4. The van der Waals surface area contributed by atoms with Gasteiger partial charge in [0.15, 0.2) is 25.4 Å². The van der Waals surface area contributed by atoms with Gasteiger partial charge in [0.05, 0.1) is 9.79 Å². The van der Waals surface area contributed by atoms with E-state index in [1.807, 2.05) is 12.1 Å². The van der Waals surface area contributed by atoms with Gasteiger partial charge in [0.1, 0.15) is 5.60 Å². The van der Waals surface area contributed by atoms with Crippen LogP contribution in [-0.4, -0.2) is 46.6 Å². The van der Waals surface area contributed by atoms with Gasteiger partial charge in [-0.05, 0) is 104 Å². The first kappa shape index (κ1) is 40.5. The summed E-state index contributed by atoms with van der Waals surface area (Å²) in [5.74, 6) is -1.40. The van der Waals surface area contributed by atoms with E-state index in [1.165, 1.54) is 18.4 Å². The molecule has 0 saturated carbocycles. The number of aryl methyl sites for hydroxylation is 2. The van der Waals surface area contributed by atoms with Crippen LogP contribution in [0.25, 0.3) is 22.3 Å². The Labute approximate surface area is 294 Å². The smallest absolute Gasteiger partial charge is 0.389 e. The lowest BCUT2D eigenvalue weighted by Crippen LogP contribution is -2.28. The van der Waals surface area contributed by atoms with Gasteiger partial charge in [-0.2, -0.15) is 13.2 Å². The van der Waals surface area contributed by atoms with Crippen LogP contribution in [0.4, 0.5) is 13.2 Å². The van der Waals surface area contributed by atoms with E-state index >= 15 is 0 Å². The second kappa shape index (κ2) is 17.3. The highest BCUT2D eigenvalue weighted by Gasteiger charge is 2.26. The number of halogens is 3. The van der Waals surface area contributed by atoms with E-state index < -0.39 is 49.6 Å². The van der Waals surface area contributed by atoms with Crippen LogP contribution < -0.4 is 0 Å². The van der Waals surface area contributed by atoms with Crippen molar-refractivity contribution < 1.29 is 39.5 Å². The summed E-state index contributed by atoms with van der Waals surface area (Å²) in [5, 5.41) is 0. The Kier molecular flexibility index (Phi) is 14.0. The highest BCUT2D eigenvalue weighted by Crippen LogP contribution is 2.26. The number of esters is 1. The summed E-state index contributed by atoms with van der Waals surface area (Å²) in [7, 11) is -6.95. The molecule has 0 bridgehead atoms. The van der Waals surface area contributed by atoms with E-state index in [4.69, 9.17) is 4.74 Å². The van der Waals surface area contributed by atoms with E-state index in [0.29, 0.717) is 6.42 Å². The highest BCUT2D eigenvalue weighted by molar-refractivity contribution is 7.92. The third-order valence-electron chi connectivity index (χ3n) is 7.54. The molecule has 0 aliphatic carbocycles. The molecule has 0 N–H and O–H groups in total. The molecular weight excluding hydrogens is 686 g/mol. The zero-order valence-electron chi connectivity index (χ0n) is 29.1. The Bertz CT molecular complexity index is 1890.